The van der Waals surface area contributed by atoms with Crippen molar-refractivity contribution in [1.29, 1.82) is 0 Å². The largest absolute Gasteiger partial charge is 0.335 e. The predicted molar refractivity (Wildman–Crippen MR) is 109 cm³/mol. The first kappa shape index (κ1) is 18.4. The van der Waals surface area contributed by atoms with E-state index in [1.54, 1.807) is 17.1 Å². The van der Waals surface area contributed by atoms with Crippen LogP contribution in [0, 0.1) is 0 Å². The molecule has 1 amide bonds. The highest BCUT2D eigenvalue weighted by atomic mass is 16.5. The number of carbonyl (C=O) groups is 1. The number of fused-ring (bicyclic) bond motifs is 1. The third-order valence-corrected chi connectivity index (χ3v) is 5.39. The average molecular weight is 403 g/mol. The summed E-state index contributed by atoms with van der Waals surface area (Å²) in [6.45, 7) is 5.19. The van der Waals surface area contributed by atoms with Gasteiger partial charge in [0.2, 0.25) is 0 Å². The fourth-order valence-corrected chi connectivity index (χ4v) is 3.71. The molecule has 4 aromatic rings. The first-order valence-corrected chi connectivity index (χ1v) is 9.99. The van der Waals surface area contributed by atoms with Gasteiger partial charge in [0.1, 0.15) is 5.69 Å². The Morgan fingerprint density at radius 3 is 2.93 bits per heavy atom. The van der Waals surface area contributed by atoms with E-state index in [9.17, 15) is 4.79 Å². The number of rotatable bonds is 4. The SMILES string of the molecule is CC(C)c1noc(-c2cn([C@H]3CCN(C(=O)c4nccc5ccccc45)C3)nn2)n1. The highest BCUT2D eigenvalue weighted by molar-refractivity contribution is 6.05. The molecule has 1 aliphatic heterocycles. The van der Waals surface area contributed by atoms with Gasteiger partial charge in [-0.15, -0.1) is 5.10 Å². The molecule has 0 aliphatic carbocycles. The maximum atomic E-state index is 13.1. The van der Waals surface area contributed by atoms with Crippen molar-refractivity contribution in [2.45, 2.75) is 32.2 Å². The number of hydrogen-bond donors (Lipinski definition) is 0. The maximum absolute atomic E-state index is 13.1. The molecule has 0 spiro atoms. The van der Waals surface area contributed by atoms with Crippen molar-refractivity contribution in [2.24, 2.45) is 0 Å². The molecule has 9 heteroatoms. The van der Waals surface area contributed by atoms with Crippen LogP contribution in [-0.4, -0.2) is 54.0 Å². The van der Waals surface area contributed by atoms with Gasteiger partial charge in [-0.2, -0.15) is 4.98 Å². The highest BCUT2D eigenvalue weighted by Crippen LogP contribution is 2.26. The van der Waals surface area contributed by atoms with Crippen LogP contribution < -0.4 is 0 Å². The summed E-state index contributed by atoms with van der Waals surface area (Å²) in [6.07, 6.45) is 4.27. The van der Waals surface area contributed by atoms with Crippen molar-refractivity contribution in [3.8, 4) is 11.6 Å². The number of carbonyl (C=O) groups excluding carboxylic acids is 1. The van der Waals surface area contributed by atoms with Crippen molar-refractivity contribution in [3.63, 3.8) is 0 Å². The van der Waals surface area contributed by atoms with Crippen molar-refractivity contribution in [1.82, 2.24) is 35.0 Å². The monoisotopic (exact) mass is 403 g/mol. The molecule has 0 radical (unpaired) electrons. The first-order chi connectivity index (χ1) is 14.6. The van der Waals surface area contributed by atoms with E-state index in [4.69, 9.17) is 4.52 Å². The number of aromatic nitrogens is 6. The highest BCUT2D eigenvalue weighted by Gasteiger charge is 2.30. The van der Waals surface area contributed by atoms with Crippen LogP contribution >= 0.6 is 0 Å². The third-order valence-electron chi connectivity index (χ3n) is 5.39. The lowest BCUT2D eigenvalue weighted by atomic mass is 10.1. The molecule has 0 N–H and O–H groups in total. The van der Waals surface area contributed by atoms with Gasteiger partial charge in [-0.3, -0.25) is 9.78 Å². The molecule has 1 atom stereocenters. The van der Waals surface area contributed by atoms with Gasteiger partial charge in [0.15, 0.2) is 11.5 Å². The molecule has 1 aliphatic rings. The molecule has 5 rings (SSSR count). The average Bonchev–Trinajstić information content (AvgIpc) is 3.52. The minimum Gasteiger partial charge on any atom is -0.335 e. The van der Waals surface area contributed by atoms with E-state index in [1.807, 2.05) is 49.1 Å². The minimum atomic E-state index is -0.0619. The van der Waals surface area contributed by atoms with Crippen molar-refractivity contribution >= 4 is 16.7 Å². The Morgan fingerprint density at radius 2 is 2.10 bits per heavy atom. The lowest BCUT2D eigenvalue weighted by Gasteiger charge is -2.17. The molecule has 0 saturated carbocycles. The minimum absolute atomic E-state index is 0.0395. The van der Waals surface area contributed by atoms with E-state index in [0.717, 1.165) is 17.2 Å². The van der Waals surface area contributed by atoms with E-state index in [1.165, 1.54) is 0 Å². The lowest BCUT2D eigenvalue weighted by molar-refractivity contribution is 0.0783. The van der Waals surface area contributed by atoms with Gasteiger partial charge in [-0.1, -0.05) is 48.5 Å². The topological polar surface area (TPSA) is 103 Å². The van der Waals surface area contributed by atoms with Crippen LogP contribution in [0.5, 0.6) is 0 Å². The first-order valence-electron chi connectivity index (χ1n) is 9.99. The van der Waals surface area contributed by atoms with Crippen LogP contribution in [0.3, 0.4) is 0 Å². The summed E-state index contributed by atoms with van der Waals surface area (Å²) < 4.78 is 7.07. The van der Waals surface area contributed by atoms with Crippen LogP contribution in [0.1, 0.15) is 48.5 Å². The maximum Gasteiger partial charge on any atom is 0.280 e. The molecule has 1 fully saturated rings. The molecule has 1 saturated heterocycles. The summed E-state index contributed by atoms with van der Waals surface area (Å²) in [5, 5.41) is 14.3. The normalized spacial score (nSPS) is 16.6. The van der Waals surface area contributed by atoms with Crippen LogP contribution in [0.25, 0.3) is 22.4 Å². The zero-order chi connectivity index (χ0) is 20.7. The van der Waals surface area contributed by atoms with Gasteiger partial charge in [0.05, 0.1) is 12.2 Å². The summed E-state index contributed by atoms with van der Waals surface area (Å²) >= 11 is 0. The fraction of sp³-hybridized carbons (Fsp3) is 0.333. The number of hydrogen-bond acceptors (Lipinski definition) is 7. The van der Waals surface area contributed by atoms with E-state index < -0.39 is 0 Å². The Balaban J connectivity index is 1.33. The molecular formula is C21H21N7O2. The van der Waals surface area contributed by atoms with Crippen molar-refractivity contribution in [3.05, 3.63) is 54.2 Å². The molecule has 152 valence electrons. The standard InChI is InChI=1S/C21H21N7O2/c1-13(2)19-23-20(30-25-19)17-12-28(26-24-17)15-8-10-27(11-15)21(29)18-16-6-4-3-5-14(16)7-9-22-18/h3-7,9,12-13,15H,8,10-11H2,1-2H3/t15-/m0/s1. The summed E-state index contributed by atoms with van der Waals surface area (Å²) in [7, 11) is 0. The van der Waals surface area contributed by atoms with Crippen LogP contribution in [0.4, 0.5) is 0 Å². The van der Waals surface area contributed by atoms with Gasteiger partial charge >= 0.3 is 0 Å². The number of benzene rings is 1. The van der Waals surface area contributed by atoms with Crippen LogP contribution in [-0.2, 0) is 0 Å². The van der Waals surface area contributed by atoms with Crippen molar-refractivity contribution in [2.75, 3.05) is 13.1 Å². The van der Waals surface area contributed by atoms with Gasteiger partial charge < -0.3 is 9.42 Å². The van der Waals surface area contributed by atoms with Crippen LogP contribution in [0.15, 0.2) is 47.2 Å². The number of likely N-dealkylation sites (tertiary alicyclic amines) is 1. The zero-order valence-electron chi connectivity index (χ0n) is 16.8. The summed E-state index contributed by atoms with van der Waals surface area (Å²) in [4.78, 5) is 23.7. The van der Waals surface area contributed by atoms with Crippen LogP contribution in [0.2, 0.25) is 0 Å². The summed E-state index contributed by atoms with van der Waals surface area (Å²) in [6, 6.07) is 9.75. The molecule has 1 aromatic carbocycles. The molecule has 0 bridgehead atoms. The lowest BCUT2D eigenvalue weighted by Crippen LogP contribution is -2.30. The Bertz CT molecular complexity index is 1210. The predicted octanol–water partition coefficient (Wildman–Crippen LogP) is 3.09. The summed E-state index contributed by atoms with van der Waals surface area (Å²) in [5.74, 6) is 1.11. The molecule has 0 unspecified atom stereocenters. The number of pyridine rings is 1. The van der Waals surface area contributed by atoms with Gasteiger partial charge in [-0.25, -0.2) is 4.68 Å². The molecule has 3 aromatic heterocycles. The Morgan fingerprint density at radius 1 is 1.23 bits per heavy atom. The zero-order valence-corrected chi connectivity index (χ0v) is 16.8. The molecule has 9 nitrogen and oxygen atoms in total. The van der Waals surface area contributed by atoms with E-state index >= 15 is 0 Å². The number of amides is 1. The van der Waals surface area contributed by atoms with Gasteiger partial charge in [0, 0.05) is 30.6 Å². The summed E-state index contributed by atoms with van der Waals surface area (Å²) in [5.41, 5.74) is 1.02. The quantitative estimate of drug-likeness (QED) is 0.516. The van der Waals surface area contributed by atoms with E-state index in [2.05, 4.69) is 25.4 Å². The van der Waals surface area contributed by atoms with Gasteiger partial charge in [0.25, 0.3) is 11.8 Å². The Kier molecular flexibility index (Phi) is 4.50. The molecular weight excluding hydrogens is 382 g/mol. The smallest absolute Gasteiger partial charge is 0.280 e. The van der Waals surface area contributed by atoms with E-state index in [-0.39, 0.29) is 17.9 Å². The Labute approximate surface area is 172 Å². The van der Waals surface area contributed by atoms with Crippen molar-refractivity contribution < 1.29 is 9.32 Å². The fourth-order valence-electron chi connectivity index (χ4n) is 3.71. The third kappa shape index (κ3) is 3.22. The second-order valence-corrected chi connectivity index (χ2v) is 7.77. The Hall–Kier alpha value is -3.62. The number of nitrogens with zero attached hydrogens (tertiary/aromatic N) is 7. The van der Waals surface area contributed by atoms with Gasteiger partial charge in [-0.05, 0) is 17.9 Å². The molecule has 4 heterocycles. The van der Waals surface area contributed by atoms with E-state index in [0.29, 0.717) is 36.2 Å². The molecule has 30 heavy (non-hydrogen) atoms. The second-order valence-electron chi connectivity index (χ2n) is 7.77. The second kappa shape index (κ2) is 7.33.